The van der Waals surface area contributed by atoms with Crippen LogP contribution in [0.2, 0.25) is 0 Å². The van der Waals surface area contributed by atoms with Crippen LogP contribution in [0.1, 0.15) is 23.7 Å². The van der Waals surface area contributed by atoms with Gasteiger partial charge < -0.3 is 44.1 Å². The van der Waals surface area contributed by atoms with Gasteiger partial charge in [0.1, 0.15) is 12.2 Å². The van der Waals surface area contributed by atoms with Crippen molar-refractivity contribution in [2.24, 2.45) is 11.3 Å². The number of hydrogen-bond acceptors (Lipinski definition) is 10. The molecule has 0 unspecified atom stereocenters. The molecule has 0 radical (unpaired) electrons. The minimum absolute atomic E-state index is 0.0492. The van der Waals surface area contributed by atoms with Gasteiger partial charge in [0, 0.05) is 24.5 Å². The Bertz CT molecular complexity index is 1260. The molecule has 10 nitrogen and oxygen atoms in total. The number of ether oxygens (including phenoxy) is 5. The first-order valence-corrected chi connectivity index (χ1v) is 13.0. The van der Waals surface area contributed by atoms with Crippen LogP contribution in [0.25, 0.3) is 0 Å². The first-order valence-electron chi connectivity index (χ1n) is 13.0. The Balaban J connectivity index is 1.77. The molecule has 1 heterocycles. The Morgan fingerprint density at radius 1 is 0.975 bits per heavy atom. The summed E-state index contributed by atoms with van der Waals surface area (Å²) in [6, 6.07) is 10.2. The van der Waals surface area contributed by atoms with E-state index in [4.69, 9.17) is 28.8 Å². The molecule has 1 saturated heterocycles. The predicted molar refractivity (Wildman–Crippen MR) is 144 cm³/mol. The lowest BCUT2D eigenvalue weighted by atomic mass is 9.67. The fraction of sp³-hybridized carbons (Fsp3) is 0.433. The number of aromatic hydroxyl groups is 1. The van der Waals surface area contributed by atoms with Gasteiger partial charge in [0.25, 0.3) is 0 Å². The molecule has 2 aliphatic rings. The van der Waals surface area contributed by atoms with Gasteiger partial charge >= 0.3 is 0 Å². The fourth-order valence-electron chi connectivity index (χ4n) is 5.51. The van der Waals surface area contributed by atoms with Crippen LogP contribution in [0.5, 0.6) is 23.0 Å². The van der Waals surface area contributed by atoms with Crippen LogP contribution >= 0.6 is 0 Å². The molecule has 40 heavy (non-hydrogen) atoms. The van der Waals surface area contributed by atoms with Crippen LogP contribution in [0.4, 0.5) is 0 Å². The van der Waals surface area contributed by atoms with Crippen molar-refractivity contribution in [1.82, 2.24) is 0 Å². The van der Waals surface area contributed by atoms with Crippen molar-refractivity contribution in [3.05, 3.63) is 71.5 Å². The van der Waals surface area contributed by atoms with Crippen molar-refractivity contribution in [3.63, 3.8) is 0 Å². The molecule has 10 heteroatoms. The van der Waals surface area contributed by atoms with E-state index >= 15 is 0 Å². The van der Waals surface area contributed by atoms with Crippen LogP contribution in [0, 0.1) is 11.3 Å². The quantitative estimate of drug-likeness (QED) is 0.308. The predicted octanol–water partition coefficient (Wildman–Crippen LogP) is 2.48. The molecule has 1 spiro atoms. The molecule has 4 rings (SSSR count). The highest BCUT2D eigenvalue weighted by Gasteiger charge is 2.58. The first kappa shape index (κ1) is 29.4. The summed E-state index contributed by atoms with van der Waals surface area (Å²) in [5, 5.41) is 40.5. The summed E-state index contributed by atoms with van der Waals surface area (Å²) in [5.41, 5.74) is 0.470. The van der Waals surface area contributed by atoms with Crippen molar-refractivity contribution in [2.75, 3.05) is 41.2 Å². The van der Waals surface area contributed by atoms with Gasteiger partial charge in [-0.1, -0.05) is 18.2 Å². The lowest BCUT2D eigenvalue weighted by Gasteiger charge is -2.38. The molecule has 1 aliphatic carbocycles. The minimum atomic E-state index is -1.11. The molecule has 4 N–H and O–H groups in total. The molecule has 1 fully saturated rings. The van der Waals surface area contributed by atoms with Gasteiger partial charge in [-0.2, -0.15) is 0 Å². The van der Waals surface area contributed by atoms with Crippen LogP contribution < -0.4 is 14.2 Å². The van der Waals surface area contributed by atoms with Gasteiger partial charge in [-0.15, -0.1) is 0 Å². The fourth-order valence-corrected chi connectivity index (χ4v) is 5.51. The normalized spacial score (nSPS) is 24.6. The highest BCUT2D eigenvalue weighted by molar-refractivity contribution is 6.03. The van der Waals surface area contributed by atoms with Crippen LogP contribution in [-0.4, -0.2) is 79.6 Å². The maximum absolute atomic E-state index is 12.5. The lowest BCUT2D eigenvalue weighted by molar-refractivity contribution is -0.114. The Kier molecular flexibility index (Phi) is 9.36. The molecule has 5 atom stereocenters. The topological polar surface area (TPSA) is 144 Å². The molecule has 1 aliphatic heterocycles. The zero-order valence-electron chi connectivity index (χ0n) is 22.8. The Morgan fingerprint density at radius 3 is 2.40 bits per heavy atom. The third-order valence-electron chi connectivity index (χ3n) is 7.54. The second-order valence-electron chi connectivity index (χ2n) is 9.76. The second-order valence-corrected chi connectivity index (χ2v) is 9.76. The number of aliphatic hydroxyl groups is 3. The van der Waals surface area contributed by atoms with Gasteiger partial charge in [0.2, 0.25) is 5.78 Å². The standard InChI is InChI=1S/C30H36O10/c1-36-24-14-19(7-8-21(24)34)28-20(16-32)30(11-10-22(35)26(15-30)38-3)29(40-28)27(17-33)39-23-9-6-18(5-4-12-31)13-25(23)37-2/h6-11,13-15,20,27-29,31-34H,4-5,12,16-17H2,1-3H3/t20-,27+,28-,29-,30-/m1/s1. The van der Waals surface area contributed by atoms with Crippen LogP contribution in [-0.2, 0) is 20.7 Å². The van der Waals surface area contributed by atoms with E-state index in [1.807, 2.05) is 12.1 Å². The molecule has 216 valence electrons. The van der Waals surface area contributed by atoms with E-state index < -0.39 is 36.3 Å². The molecular weight excluding hydrogens is 520 g/mol. The lowest BCUT2D eigenvalue weighted by Crippen LogP contribution is -2.47. The summed E-state index contributed by atoms with van der Waals surface area (Å²) in [7, 11) is 4.34. The van der Waals surface area contributed by atoms with Gasteiger partial charge in [0.05, 0.1) is 34.0 Å². The number of methoxy groups -OCH3 is 3. The van der Waals surface area contributed by atoms with Crippen molar-refractivity contribution in [2.45, 2.75) is 31.2 Å². The molecule has 0 aromatic heterocycles. The van der Waals surface area contributed by atoms with Gasteiger partial charge in [0.15, 0.2) is 28.8 Å². The molecule has 0 amide bonds. The average Bonchev–Trinajstić information content (AvgIpc) is 3.29. The second kappa shape index (κ2) is 12.7. The Labute approximate surface area is 233 Å². The number of carbonyl (C=O) groups excluding carboxylic acids is 1. The largest absolute Gasteiger partial charge is 0.504 e. The minimum Gasteiger partial charge on any atom is -0.504 e. The van der Waals surface area contributed by atoms with E-state index in [2.05, 4.69) is 0 Å². The summed E-state index contributed by atoms with van der Waals surface area (Å²) in [6.07, 6.45) is 3.37. The number of allylic oxidation sites excluding steroid dienone is 1. The molecular formula is C30H36O10. The number of rotatable bonds is 12. The van der Waals surface area contributed by atoms with Crippen molar-refractivity contribution >= 4 is 5.78 Å². The van der Waals surface area contributed by atoms with E-state index in [-0.39, 0.29) is 36.3 Å². The number of hydrogen-bond donors (Lipinski definition) is 4. The monoisotopic (exact) mass is 556 g/mol. The maximum Gasteiger partial charge on any atom is 0.219 e. The van der Waals surface area contributed by atoms with Crippen molar-refractivity contribution < 1.29 is 48.9 Å². The summed E-state index contributed by atoms with van der Waals surface area (Å²) in [6.45, 7) is -0.720. The van der Waals surface area contributed by atoms with Gasteiger partial charge in [-0.3, -0.25) is 4.79 Å². The summed E-state index contributed by atoms with van der Waals surface area (Å²) in [4.78, 5) is 12.5. The van der Waals surface area contributed by atoms with Gasteiger partial charge in [-0.05, 0) is 60.4 Å². The number of aliphatic hydroxyl groups excluding tert-OH is 3. The van der Waals surface area contributed by atoms with E-state index in [0.717, 1.165) is 5.56 Å². The molecule has 2 aromatic carbocycles. The molecule has 0 bridgehead atoms. The zero-order chi connectivity index (χ0) is 28.9. The van der Waals surface area contributed by atoms with E-state index in [1.54, 1.807) is 30.4 Å². The highest BCUT2D eigenvalue weighted by Crippen LogP contribution is 2.56. The SMILES string of the molecule is COC1=C[C@]2(C=CC1=O)[C@H](CO)[C@@H](c1ccc(O)c(OC)c1)O[C@@H]2[C@H](CO)Oc1ccc(CCCO)cc1OC. The van der Waals surface area contributed by atoms with Crippen LogP contribution in [0.3, 0.4) is 0 Å². The summed E-state index contributed by atoms with van der Waals surface area (Å²) in [5.74, 6) is 0.130. The number of ketones is 1. The molecule has 0 saturated carbocycles. The van der Waals surface area contributed by atoms with Crippen LogP contribution in [0.15, 0.2) is 60.4 Å². The number of aryl methyl sites for hydroxylation is 1. The maximum atomic E-state index is 12.5. The smallest absolute Gasteiger partial charge is 0.219 e. The Morgan fingerprint density at radius 2 is 1.75 bits per heavy atom. The third kappa shape index (κ3) is 5.53. The molecule has 2 aromatic rings. The Hall–Kier alpha value is -3.57. The van der Waals surface area contributed by atoms with Crippen molar-refractivity contribution in [1.29, 1.82) is 0 Å². The van der Waals surface area contributed by atoms with E-state index in [9.17, 15) is 20.1 Å². The first-order chi connectivity index (χ1) is 19.3. The third-order valence-corrected chi connectivity index (χ3v) is 7.54. The summed E-state index contributed by atoms with van der Waals surface area (Å²) < 4.78 is 29.1. The zero-order valence-corrected chi connectivity index (χ0v) is 22.8. The number of carbonyl (C=O) groups is 1. The number of benzene rings is 2. The number of phenolic OH excluding ortho intramolecular Hbond substituents is 1. The highest BCUT2D eigenvalue weighted by atomic mass is 16.6. The van der Waals surface area contributed by atoms with E-state index in [0.29, 0.717) is 29.9 Å². The van der Waals surface area contributed by atoms with Crippen molar-refractivity contribution in [3.8, 4) is 23.0 Å². The van der Waals surface area contributed by atoms with E-state index in [1.165, 1.54) is 33.5 Å². The number of phenols is 1. The van der Waals surface area contributed by atoms with Gasteiger partial charge in [-0.25, -0.2) is 0 Å². The summed E-state index contributed by atoms with van der Waals surface area (Å²) >= 11 is 0. The average molecular weight is 557 g/mol.